The highest BCUT2D eigenvalue weighted by Gasteiger charge is 2.17. The number of fused-ring (bicyclic) bond motifs is 1. The molecule has 2 aromatic heterocycles. The molecular formula is C19H22N4O3S2. The first-order valence-electron chi connectivity index (χ1n) is 8.71. The third-order valence-electron chi connectivity index (χ3n) is 4.23. The minimum absolute atomic E-state index is 0.0865. The van der Waals surface area contributed by atoms with E-state index >= 15 is 0 Å². The van der Waals surface area contributed by atoms with Gasteiger partial charge in [0, 0.05) is 43.9 Å². The number of aromatic nitrogens is 2. The van der Waals surface area contributed by atoms with Crippen LogP contribution in [0.3, 0.4) is 0 Å². The van der Waals surface area contributed by atoms with Crippen molar-refractivity contribution in [3.63, 3.8) is 0 Å². The summed E-state index contributed by atoms with van der Waals surface area (Å²) in [5.41, 5.74) is 2.26. The zero-order chi connectivity index (χ0) is 20.1. The Balaban J connectivity index is 1.47. The number of nitrogens with one attached hydrogen (secondary N) is 2. The number of rotatable bonds is 8. The summed E-state index contributed by atoms with van der Waals surface area (Å²) in [6.07, 6.45) is 4.03. The fourth-order valence-electron chi connectivity index (χ4n) is 2.68. The first kappa shape index (κ1) is 20.4. The van der Waals surface area contributed by atoms with Gasteiger partial charge in [0.1, 0.15) is 4.90 Å². The molecule has 28 heavy (non-hydrogen) atoms. The lowest BCUT2D eigenvalue weighted by Gasteiger charge is -2.11. The number of carbonyl (C=O) groups is 1. The Bertz CT molecular complexity index is 1060. The third-order valence-corrected chi connectivity index (χ3v) is 6.97. The number of thioether (sulfide) groups is 1. The maximum absolute atomic E-state index is 12.1. The van der Waals surface area contributed by atoms with E-state index in [9.17, 15) is 13.2 Å². The van der Waals surface area contributed by atoms with Crippen molar-refractivity contribution in [2.24, 2.45) is 0 Å². The molecule has 0 unspecified atom stereocenters. The molecule has 1 aromatic carbocycles. The van der Waals surface area contributed by atoms with E-state index in [4.69, 9.17) is 0 Å². The fraction of sp³-hybridized carbons (Fsp3) is 0.263. The lowest BCUT2D eigenvalue weighted by molar-refractivity contribution is -0.118. The smallest absolute Gasteiger partial charge is 0.244 e. The van der Waals surface area contributed by atoms with E-state index < -0.39 is 10.0 Å². The third kappa shape index (κ3) is 4.73. The van der Waals surface area contributed by atoms with Gasteiger partial charge in [0.2, 0.25) is 15.9 Å². The molecule has 0 radical (unpaired) electrons. The maximum atomic E-state index is 12.1. The van der Waals surface area contributed by atoms with Gasteiger partial charge in [-0.3, -0.25) is 4.79 Å². The van der Waals surface area contributed by atoms with Crippen LogP contribution in [0, 0.1) is 0 Å². The van der Waals surface area contributed by atoms with Gasteiger partial charge in [-0.15, -0.1) is 0 Å². The topological polar surface area (TPSA) is 95.2 Å². The summed E-state index contributed by atoms with van der Waals surface area (Å²) in [7, 11) is -0.553. The predicted molar refractivity (Wildman–Crippen MR) is 111 cm³/mol. The van der Waals surface area contributed by atoms with Crippen molar-refractivity contribution < 1.29 is 13.2 Å². The monoisotopic (exact) mass is 418 g/mol. The molecule has 0 spiro atoms. The molecule has 3 rings (SSSR count). The first-order valence-corrected chi connectivity index (χ1v) is 11.1. The Hall–Kier alpha value is -2.36. The van der Waals surface area contributed by atoms with Crippen LogP contribution in [0.15, 0.2) is 58.7 Å². The van der Waals surface area contributed by atoms with Crippen LogP contribution in [-0.4, -0.2) is 55.0 Å². The summed E-state index contributed by atoms with van der Waals surface area (Å²) in [6, 6.07) is 11.2. The van der Waals surface area contributed by atoms with Crippen molar-refractivity contribution in [3.05, 3.63) is 54.4 Å². The Morgan fingerprint density at radius 3 is 2.71 bits per heavy atom. The van der Waals surface area contributed by atoms with E-state index in [0.29, 0.717) is 11.6 Å². The summed E-state index contributed by atoms with van der Waals surface area (Å²) in [4.78, 5) is 19.5. The number of hydrogen-bond acceptors (Lipinski definition) is 5. The number of hydrogen-bond donors (Lipinski definition) is 2. The van der Waals surface area contributed by atoms with E-state index in [-0.39, 0.29) is 16.6 Å². The summed E-state index contributed by atoms with van der Waals surface area (Å²) in [5, 5.41) is 4.67. The van der Waals surface area contributed by atoms with Crippen LogP contribution < -0.4 is 5.32 Å². The minimum Gasteiger partial charge on any atom is -0.361 e. The zero-order valence-corrected chi connectivity index (χ0v) is 17.3. The lowest BCUT2D eigenvalue weighted by Crippen LogP contribution is -2.27. The number of carbonyl (C=O) groups excluding carboxylic acids is 1. The Kier molecular flexibility index (Phi) is 6.38. The molecule has 0 saturated heterocycles. The van der Waals surface area contributed by atoms with Crippen LogP contribution in [0.1, 0.15) is 5.56 Å². The standard InChI is InChI=1S/C19H22N4O3S2/c1-23(2)28(25,26)15-7-8-19(22-12-15)27-13-18(24)20-10-9-14-11-21-17-6-4-3-5-16(14)17/h3-8,11-12,21H,9-10,13H2,1-2H3,(H,20,24). The van der Waals surface area contributed by atoms with Crippen molar-refractivity contribution in [1.29, 1.82) is 0 Å². The largest absolute Gasteiger partial charge is 0.361 e. The lowest BCUT2D eigenvalue weighted by atomic mass is 10.1. The quantitative estimate of drug-likeness (QED) is 0.547. The Morgan fingerprint density at radius 1 is 1.21 bits per heavy atom. The molecule has 9 heteroatoms. The average Bonchev–Trinajstić information content (AvgIpc) is 3.10. The number of nitrogens with zero attached hydrogens (tertiary/aromatic N) is 2. The molecule has 0 aliphatic carbocycles. The van der Waals surface area contributed by atoms with Gasteiger partial charge < -0.3 is 10.3 Å². The van der Waals surface area contributed by atoms with Crippen molar-refractivity contribution >= 4 is 38.6 Å². The highest BCUT2D eigenvalue weighted by atomic mass is 32.2. The zero-order valence-electron chi connectivity index (χ0n) is 15.7. The van der Waals surface area contributed by atoms with Gasteiger partial charge in [-0.05, 0) is 30.2 Å². The van der Waals surface area contributed by atoms with Crippen LogP contribution in [-0.2, 0) is 21.2 Å². The number of aromatic amines is 1. The number of amides is 1. The normalized spacial score (nSPS) is 11.8. The van der Waals surface area contributed by atoms with Gasteiger partial charge in [0.25, 0.3) is 0 Å². The molecule has 0 bridgehead atoms. The van der Waals surface area contributed by atoms with Crippen LogP contribution >= 0.6 is 11.8 Å². The molecule has 7 nitrogen and oxygen atoms in total. The Labute approximate surface area is 168 Å². The molecule has 0 atom stereocenters. The second-order valence-corrected chi connectivity index (χ2v) is 9.52. The van der Waals surface area contributed by atoms with Gasteiger partial charge in [0.15, 0.2) is 0 Å². The van der Waals surface area contributed by atoms with Crippen molar-refractivity contribution in [2.45, 2.75) is 16.3 Å². The number of pyridine rings is 1. The Morgan fingerprint density at radius 2 is 2.00 bits per heavy atom. The summed E-state index contributed by atoms with van der Waals surface area (Å²) in [5.74, 6) is 0.136. The summed E-state index contributed by atoms with van der Waals surface area (Å²) >= 11 is 1.27. The van der Waals surface area contributed by atoms with Crippen LogP contribution in [0.25, 0.3) is 10.9 Å². The molecule has 0 aliphatic rings. The average molecular weight is 419 g/mol. The molecule has 1 amide bonds. The SMILES string of the molecule is CN(C)S(=O)(=O)c1ccc(SCC(=O)NCCc2c[nH]c3ccccc23)nc1. The van der Waals surface area contributed by atoms with Crippen molar-refractivity contribution in [3.8, 4) is 0 Å². The molecule has 2 heterocycles. The number of H-pyrrole nitrogens is 1. The highest BCUT2D eigenvalue weighted by Crippen LogP contribution is 2.19. The van der Waals surface area contributed by atoms with Gasteiger partial charge >= 0.3 is 0 Å². The van der Waals surface area contributed by atoms with Crippen LogP contribution in [0.2, 0.25) is 0 Å². The van der Waals surface area contributed by atoms with Crippen LogP contribution in [0.4, 0.5) is 0 Å². The maximum Gasteiger partial charge on any atom is 0.244 e. The molecule has 148 valence electrons. The van der Waals surface area contributed by atoms with E-state index in [0.717, 1.165) is 16.2 Å². The van der Waals surface area contributed by atoms with Gasteiger partial charge in [-0.1, -0.05) is 30.0 Å². The molecule has 0 saturated carbocycles. The van der Waals surface area contributed by atoms with E-state index in [1.165, 1.54) is 49.1 Å². The molecular weight excluding hydrogens is 396 g/mol. The number of benzene rings is 1. The predicted octanol–water partition coefficient (Wildman–Crippen LogP) is 2.26. The first-order chi connectivity index (χ1) is 13.4. The second-order valence-electron chi connectivity index (χ2n) is 6.37. The van der Waals surface area contributed by atoms with Crippen molar-refractivity contribution in [1.82, 2.24) is 19.6 Å². The molecule has 0 aliphatic heterocycles. The second kappa shape index (κ2) is 8.76. The van der Waals surface area contributed by atoms with E-state index in [1.54, 1.807) is 6.07 Å². The number of para-hydroxylation sites is 1. The van der Waals surface area contributed by atoms with Gasteiger partial charge in [-0.2, -0.15) is 0 Å². The highest BCUT2D eigenvalue weighted by molar-refractivity contribution is 7.99. The van der Waals surface area contributed by atoms with Gasteiger partial charge in [-0.25, -0.2) is 17.7 Å². The van der Waals surface area contributed by atoms with Crippen LogP contribution in [0.5, 0.6) is 0 Å². The van der Waals surface area contributed by atoms with Gasteiger partial charge in [0.05, 0.1) is 10.8 Å². The summed E-state index contributed by atoms with van der Waals surface area (Å²) < 4.78 is 25.2. The van der Waals surface area contributed by atoms with E-state index in [2.05, 4.69) is 21.4 Å². The molecule has 2 N–H and O–H groups in total. The van der Waals surface area contributed by atoms with Crippen molar-refractivity contribution in [2.75, 3.05) is 26.4 Å². The molecule has 0 fully saturated rings. The fourth-order valence-corrected chi connectivity index (χ4v) is 4.20. The summed E-state index contributed by atoms with van der Waals surface area (Å²) in [6.45, 7) is 0.550. The molecule has 3 aromatic rings. The minimum atomic E-state index is -3.49. The van der Waals surface area contributed by atoms with E-state index in [1.807, 2.05) is 24.4 Å². The number of sulfonamides is 1.